The van der Waals surface area contributed by atoms with Crippen molar-refractivity contribution in [3.8, 4) is 0 Å². The van der Waals surface area contributed by atoms with Crippen LogP contribution in [0.4, 0.5) is 11.4 Å². The largest absolute Gasteiger partial charge is 0.399 e. The van der Waals surface area contributed by atoms with E-state index in [9.17, 15) is 4.79 Å². The van der Waals surface area contributed by atoms with Gasteiger partial charge >= 0.3 is 0 Å². The lowest BCUT2D eigenvalue weighted by atomic mass is 10.1. The van der Waals surface area contributed by atoms with E-state index in [0.29, 0.717) is 11.7 Å². The molecule has 4 heteroatoms. The van der Waals surface area contributed by atoms with Crippen molar-refractivity contribution in [2.45, 2.75) is 38.6 Å². The molecule has 1 amide bonds. The number of carbonyl (C=O) groups is 1. The zero-order chi connectivity index (χ0) is 14.7. The standard InChI is InChI=1S/C16H25N3O/c1-4-19(13-7-5-6-8-13)15-11-12(17)9-10-14(15)16(20)18(2)3/h9-11,13H,4-8,17H2,1-3H3. The van der Waals surface area contributed by atoms with Crippen molar-refractivity contribution in [3.63, 3.8) is 0 Å². The Kier molecular flexibility index (Phi) is 4.53. The van der Waals surface area contributed by atoms with Gasteiger partial charge in [0.25, 0.3) is 5.91 Å². The number of nitrogen functional groups attached to an aromatic ring is 1. The highest BCUT2D eigenvalue weighted by Gasteiger charge is 2.25. The van der Waals surface area contributed by atoms with Crippen molar-refractivity contribution >= 4 is 17.3 Å². The summed E-state index contributed by atoms with van der Waals surface area (Å²) in [4.78, 5) is 16.3. The maximum atomic E-state index is 12.4. The van der Waals surface area contributed by atoms with E-state index < -0.39 is 0 Å². The SMILES string of the molecule is CCN(c1cc(N)ccc1C(=O)N(C)C)C1CCCC1. The van der Waals surface area contributed by atoms with Crippen LogP contribution in [0.15, 0.2) is 18.2 Å². The number of benzene rings is 1. The molecule has 1 aliphatic rings. The minimum Gasteiger partial charge on any atom is -0.399 e. The zero-order valence-corrected chi connectivity index (χ0v) is 12.7. The van der Waals surface area contributed by atoms with Crippen molar-refractivity contribution < 1.29 is 4.79 Å². The Morgan fingerprint density at radius 3 is 2.50 bits per heavy atom. The molecule has 1 saturated carbocycles. The van der Waals surface area contributed by atoms with Crippen LogP contribution in [0.1, 0.15) is 43.0 Å². The molecule has 0 bridgehead atoms. The molecule has 110 valence electrons. The van der Waals surface area contributed by atoms with E-state index in [1.807, 2.05) is 18.2 Å². The number of carbonyl (C=O) groups excluding carboxylic acids is 1. The van der Waals surface area contributed by atoms with Gasteiger partial charge in [-0.3, -0.25) is 4.79 Å². The highest BCUT2D eigenvalue weighted by Crippen LogP contribution is 2.32. The van der Waals surface area contributed by atoms with E-state index in [4.69, 9.17) is 5.73 Å². The van der Waals surface area contributed by atoms with Gasteiger partial charge in [-0.1, -0.05) is 12.8 Å². The van der Waals surface area contributed by atoms with Gasteiger partial charge in [0.05, 0.1) is 11.3 Å². The number of amides is 1. The van der Waals surface area contributed by atoms with Crippen LogP contribution >= 0.6 is 0 Å². The van der Waals surface area contributed by atoms with Gasteiger partial charge in [-0.15, -0.1) is 0 Å². The van der Waals surface area contributed by atoms with Crippen LogP contribution in [0, 0.1) is 0 Å². The Bertz CT molecular complexity index is 479. The fourth-order valence-corrected chi connectivity index (χ4v) is 3.05. The van der Waals surface area contributed by atoms with Crippen LogP contribution in [0.2, 0.25) is 0 Å². The predicted molar refractivity (Wildman–Crippen MR) is 84.1 cm³/mol. The third-order valence-electron chi connectivity index (χ3n) is 4.07. The Hall–Kier alpha value is -1.71. The predicted octanol–water partition coefficient (Wildman–Crippen LogP) is 2.74. The summed E-state index contributed by atoms with van der Waals surface area (Å²) in [5.41, 5.74) is 8.39. The van der Waals surface area contributed by atoms with Gasteiger partial charge in [0.15, 0.2) is 0 Å². The first-order chi connectivity index (χ1) is 9.54. The maximum absolute atomic E-state index is 12.4. The van der Waals surface area contributed by atoms with Crippen LogP contribution in [-0.2, 0) is 0 Å². The highest BCUT2D eigenvalue weighted by atomic mass is 16.2. The highest BCUT2D eigenvalue weighted by molar-refractivity contribution is 6.00. The third-order valence-corrected chi connectivity index (χ3v) is 4.07. The molecule has 4 nitrogen and oxygen atoms in total. The normalized spacial score (nSPS) is 15.3. The summed E-state index contributed by atoms with van der Waals surface area (Å²) in [6.07, 6.45) is 4.97. The number of hydrogen-bond acceptors (Lipinski definition) is 3. The molecule has 1 aromatic carbocycles. The summed E-state index contributed by atoms with van der Waals surface area (Å²) in [5.74, 6) is 0.0384. The second kappa shape index (κ2) is 6.16. The Balaban J connectivity index is 2.41. The van der Waals surface area contributed by atoms with E-state index in [2.05, 4.69) is 11.8 Å². The van der Waals surface area contributed by atoms with Gasteiger partial charge in [0.1, 0.15) is 0 Å². The van der Waals surface area contributed by atoms with Gasteiger partial charge in [0.2, 0.25) is 0 Å². The first kappa shape index (κ1) is 14.7. The first-order valence-electron chi connectivity index (χ1n) is 7.42. The molecular formula is C16H25N3O. The second-order valence-corrected chi connectivity index (χ2v) is 5.70. The molecule has 20 heavy (non-hydrogen) atoms. The lowest BCUT2D eigenvalue weighted by molar-refractivity contribution is 0.0828. The van der Waals surface area contributed by atoms with E-state index in [1.165, 1.54) is 25.7 Å². The Morgan fingerprint density at radius 1 is 1.30 bits per heavy atom. The Morgan fingerprint density at radius 2 is 1.95 bits per heavy atom. The zero-order valence-electron chi connectivity index (χ0n) is 12.7. The average molecular weight is 275 g/mol. The van der Waals surface area contributed by atoms with Crippen LogP contribution < -0.4 is 10.6 Å². The minimum atomic E-state index is 0.0384. The first-order valence-corrected chi connectivity index (χ1v) is 7.42. The molecule has 1 fully saturated rings. The third kappa shape index (κ3) is 2.89. The summed E-state index contributed by atoms with van der Waals surface area (Å²) in [6.45, 7) is 3.05. The van der Waals surface area contributed by atoms with E-state index in [1.54, 1.807) is 19.0 Å². The smallest absolute Gasteiger partial charge is 0.255 e. The molecule has 0 aliphatic heterocycles. The molecule has 1 aliphatic carbocycles. The van der Waals surface area contributed by atoms with Gasteiger partial charge in [0, 0.05) is 32.4 Å². The molecule has 0 heterocycles. The number of nitrogens with zero attached hydrogens (tertiary/aromatic N) is 2. The van der Waals surface area contributed by atoms with Crippen molar-refractivity contribution in [2.75, 3.05) is 31.3 Å². The van der Waals surface area contributed by atoms with Gasteiger partial charge in [-0.05, 0) is 38.0 Å². The quantitative estimate of drug-likeness (QED) is 0.860. The van der Waals surface area contributed by atoms with Crippen LogP contribution in [0.5, 0.6) is 0 Å². The summed E-state index contributed by atoms with van der Waals surface area (Å²) >= 11 is 0. The minimum absolute atomic E-state index is 0.0384. The van der Waals surface area contributed by atoms with Crippen LogP contribution in [0.3, 0.4) is 0 Å². The lowest BCUT2D eigenvalue weighted by Crippen LogP contribution is -2.35. The van der Waals surface area contributed by atoms with Gasteiger partial charge in [-0.25, -0.2) is 0 Å². The molecule has 0 spiro atoms. The molecule has 2 N–H and O–H groups in total. The summed E-state index contributed by atoms with van der Waals surface area (Å²) in [6, 6.07) is 6.14. The fraction of sp³-hybridized carbons (Fsp3) is 0.562. The van der Waals surface area contributed by atoms with Crippen LogP contribution in [0.25, 0.3) is 0 Å². The number of hydrogen-bond donors (Lipinski definition) is 1. The van der Waals surface area contributed by atoms with Gasteiger partial charge in [-0.2, -0.15) is 0 Å². The fourth-order valence-electron chi connectivity index (χ4n) is 3.05. The van der Waals surface area contributed by atoms with Crippen LogP contribution in [-0.4, -0.2) is 37.5 Å². The maximum Gasteiger partial charge on any atom is 0.255 e. The topological polar surface area (TPSA) is 49.6 Å². The van der Waals surface area contributed by atoms with Gasteiger partial charge < -0.3 is 15.5 Å². The molecule has 0 aromatic heterocycles. The molecule has 0 saturated heterocycles. The van der Waals surface area contributed by atoms with E-state index in [-0.39, 0.29) is 5.91 Å². The summed E-state index contributed by atoms with van der Waals surface area (Å²) in [5, 5.41) is 0. The molecule has 0 radical (unpaired) electrons. The molecule has 0 atom stereocenters. The average Bonchev–Trinajstić information content (AvgIpc) is 2.93. The second-order valence-electron chi connectivity index (χ2n) is 5.70. The summed E-state index contributed by atoms with van der Waals surface area (Å²) < 4.78 is 0. The number of anilines is 2. The van der Waals surface area contributed by atoms with E-state index >= 15 is 0 Å². The molecule has 0 unspecified atom stereocenters. The van der Waals surface area contributed by atoms with E-state index in [0.717, 1.165) is 17.8 Å². The lowest BCUT2D eigenvalue weighted by Gasteiger charge is -2.32. The Labute approximate surface area is 121 Å². The van der Waals surface area contributed by atoms with Crippen molar-refractivity contribution in [1.29, 1.82) is 0 Å². The van der Waals surface area contributed by atoms with Crippen molar-refractivity contribution in [2.24, 2.45) is 0 Å². The monoisotopic (exact) mass is 275 g/mol. The molecular weight excluding hydrogens is 250 g/mol. The molecule has 1 aromatic rings. The van der Waals surface area contributed by atoms with Crippen molar-refractivity contribution in [1.82, 2.24) is 4.90 Å². The summed E-state index contributed by atoms with van der Waals surface area (Å²) in [7, 11) is 3.57. The number of nitrogens with two attached hydrogens (primary N) is 1. The molecule has 2 rings (SSSR count). The van der Waals surface area contributed by atoms with Crippen molar-refractivity contribution in [3.05, 3.63) is 23.8 Å². The number of rotatable bonds is 4.